The molecule has 0 saturated heterocycles. The third-order valence-electron chi connectivity index (χ3n) is 5.19. The van der Waals surface area contributed by atoms with E-state index in [0.29, 0.717) is 22.9 Å². The van der Waals surface area contributed by atoms with Gasteiger partial charge in [-0.25, -0.2) is 13.4 Å². The number of fused-ring (bicyclic) bond motifs is 2. The number of sulfone groups is 1. The molecule has 2 aromatic heterocycles. The molecule has 2 aliphatic rings. The molecule has 2 aliphatic carbocycles. The minimum absolute atomic E-state index is 0.115. The molecule has 4 atom stereocenters. The van der Waals surface area contributed by atoms with Gasteiger partial charge in [0, 0.05) is 29.9 Å². The molecule has 2 saturated carbocycles. The summed E-state index contributed by atoms with van der Waals surface area (Å²) in [6.07, 6.45) is 4.51. The van der Waals surface area contributed by atoms with Crippen LogP contribution < -0.4 is 5.56 Å². The van der Waals surface area contributed by atoms with E-state index in [0.717, 1.165) is 25.0 Å². The summed E-state index contributed by atoms with van der Waals surface area (Å²) < 4.78 is 25.0. The highest BCUT2D eigenvalue weighted by molar-refractivity contribution is 7.90. The second-order valence-electron chi connectivity index (χ2n) is 6.56. The van der Waals surface area contributed by atoms with Crippen molar-refractivity contribution in [3.8, 4) is 0 Å². The van der Waals surface area contributed by atoms with Crippen LogP contribution in [0.15, 0.2) is 28.3 Å². The van der Waals surface area contributed by atoms with Crippen LogP contribution in [0.1, 0.15) is 25.8 Å². The predicted octanol–water partition coefficient (Wildman–Crippen LogP) is 1.41. The first kappa shape index (κ1) is 13.9. The Kier molecular flexibility index (Phi) is 2.76. The maximum Gasteiger partial charge on any atom is 0.252 e. The number of rotatable bonds is 2. The van der Waals surface area contributed by atoms with Gasteiger partial charge in [0.25, 0.3) is 5.56 Å². The van der Waals surface area contributed by atoms with Crippen molar-refractivity contribution < 1.29 is 8.42 Å². The van der Waals surface area contributed by atoms with E-state index < -0.39 is 9.84 Å². The van der Waals surface area contributed by atoms with Crippen molar-refractivity contribution in [1.82, 2.24) is 14.5 Å². The smallest absolute Gasteiger partial charge is 0.252 e. The lowest BCUT2D eigenvalue weighted by Gasteiger charge is -2.18. The molecule has 0 radical (unpaired) electrons. The third kappa shape index (κ3) is 1.99. The lowest BCUT2D eigenvalue weighted by atomic mass is 10.1. The fourth-order valence-corrected chi connectivity index (χ4v) is 4.40. The average Bonchev–Trinajstić information content (AvgIpc) is 2.86. The van der Waals surface area contributed by atoms with Gasteiger partial charge < -0.3 is 0 Å². The summed E-state index contributed by atoms with van der Waals surface area (Å²) in [6.45, 7) is 2.25. The van der Waals surface area contributed by atoms with Crippen LogP contribution >= 0.6 is 0 Å². The average molecular weight is 319 g/mol. The second kappa shape index (κ2) is 4.38. The molecular weight excluding hydrogens is 302 g/mol. The van der Waals surface area contributed by atoms with Crippen molar-refractivity contribution in [1.29, 1.82) is 0 Å². The molecule has 0 spiro atoms. The number of hydrogen-bond donors (Lipinski definition) is 0. The van der Waals surface area contributed by atoms with E-state index in [4.69, 9.17) is 0 Å². The standard InChI is InChI=1S/C15H17N3O3S/c1-8-11-5-10(6-12(8)11)18-13(19)4-3-9-7-16-15(17-14(9)18)22(2,20)21/h3-4,7-8,10-12H,5-6H2,1-2H3/t8-,10+,11+,12-. The third-order valence-corrected chi connectivity index (χ3v) is 6.05. The highest BCUT2D eigenvalue weighted by Gasteiger charge is 2.53. The van der Waals surface area contributed by atoms with Crippen LogP contribution in [0.2, 0.25) is 0 Å². The monoisotopic (exact) mass is 319 g/mol. The Labute approximate surface area is 128 Å². The van der Waals surface area contributed by atoms with Crippen LogP contribution in [-0.2, 0) is 9.84 Å². The van der Waals surface area contributed by atoms with Gasteiger partial charge in [-0.05, 0) is 36.7 Å². The molecule has 0 bridgehead atoms. The molecule has 2 fully saturated rings. The number of hydrogen-bond acceptors (Lipinski definition) is 5. The first-order valence-corrected chi connectivity index (χ1v) is 9.34. The van der Waals surface area contributed by atoms with E-state index in [-0.39, 0.29) is 16.8 Å². The van der Waals surface area contributed by atoms with E-state index in [9.17, 15) is 13.2 Å². The molecule has 2 heterocycles. The van der Waals surface area contributed by atoms with Crippen LogP contribution in [-0.4, -0.2) is 29.2 Å². The van der Waals surface area contributed by atoms with E-state index >= 15 is 0 Å². The molecule has 0 unspecified atom stereocenters. The Morgan fingerprint density at radius 3 is 2.55 bits per heavy atom. The topological polar surface area (TPSA) is 81.9 Å². The van der Waals surface area contributed by atoms with Gasteiger partial charge in [0.15, 0.2) is 0 Å². The Morgan fingerprint density at radius 2 is 1.91 bits per heavy atom. The van der Waals surface area contributed by atoms with E-state index in [1.807, 2.05) is 0 Å². The fraction of sp³-hybridized carbons (Fsp3) is 0.533. The molecule has 7 heteroatoms. The van der Waals surface area contributed by atoms with E-state index in [1.54, 1.807) is 10.6 Å². The van der Waals surface area contributed by atoms with Crippen LogP contribution in [0.5, 0.6) is 0 Å². The Hall–Kier alpha value is -1.76. The predicted molar refractivity (Wildman–Crippen MR) is 81.3 cm³/mol. The summed E-state index contributed by atoms with van der Waals surface area (Å²) in [7, 11) is -3.50. The second-order valence-corrected chi connectivity index (χ2v) is 8.47. The van der Waals surface area contributed by atoms with Crippen molar-refractivity contribution in [2.75, 3.05) is 6.26 Å². The molecule has 6 nitrogen and oxygen atoms in total. The molecule has 4 rings (SSSR count). The molecule has 0 N–H and O–H groups in total. The van der Waals surface area contributed by atoms with E-state index in [1.165, 1.54) is 12.3 Å². The van der Waals surface area contributed by atoms with Crippen LogP contribution in [0.3, 0.4) is 0 Å². The summed E-state index contributed by atoms with van der Waals surface area (Å²) in [5, 5.41) is 0.469. The van der Waals surface area contributed by atoms with E-state index in [2.05, 4.69) is 16.9 Å². The van der Waals surface area contributed by atoms with Crippen molar-refractivity contribution in [3.63, 3.8) is 0 Å². The Balaban J connectivity index is 1.89. The van der Waals surface area contributed by atoms with Gasteiger partial charge in [0.05, 0.1) is 0 Å². The van der Waals surface area contributed by atoms with Gasteiger partial charge in [0.1, 0.15) is 5.65 Å². The summed E-state index contributed by atoms with van der Waals surface area (Å²) >= 11 is 0. The Morgan fingerprint density at radius 1 is 1.23 bits per heavy atom. The quantitative estimate of drug-likeness (QED) is 0.782. The molecule has 0 aliphatic heterocycles. The van der Waals surface area contributed by atoms with Gasteiger partial charge in [-0.15, -0.1) is 0 Å². The normalized spacial score (nSPS) is 30.5. The summed E-state index contributed by atoms with van der Waals surface area (Å²) in [4.78, 5) is 20.4. The SMILES string of the molecule is C[C@H]1[C@H]2C[C@@H](n3c(=O)ccc4cnc(S(C)(=O)=O)nc43)C[C@@H]12. The molecule has 22 heavy (non-hydrogen) atoms. The van der Waals surface area contributed by atoms with Gasteiger partial charge in [-0.1, -0.05) is 6.92 Å². The van der Waals surface area contributed by atoms with Crippen molar-refractivity contribution >= 4 is 20.9 Å². The maximum absolute atomic E-state index is 12.3. The Bertz CT molecular complexity index is 923. The molecule has 0 amide bonds. The summed E-state index contributed by atoms with van der Waals surface area (Å²) in [6, 6.07) is 3.28. The van der Waals surface area contributed by atoms with Crippen LogP contribution in [0, 0.1) is 17.8 Å². The number of pyridine rings is 1. The molecular formula is C15H17N3O3S. The summed E-state index contributed by atoms with van der Waals surface area (Å²) in [5.74, 6) is 2.15. The lowest BCUT2D eigenvalue weighted by Crippen LogP contribution is -2.25. The van der Waals surface area contributed by atoms with Gasteiger partial charge >= 0.3 is 0 Å². The van der Waals surface area contributed by atoms with Gasteiger partial charge in [-0.3, -0.25) is 9.36 Å². The first-order valence-electron chi connectivity index (χ1n) is 7.44. The highest BCUT2D eigenvalue weighted by Crippen LogP contribution is 2.60. The first-order chi connectivity index (χ1) is 10.4. The lowest BCUT2D eigenvalue weighted by molar-refractivity contribution is 0.435. The minimum Gasteiger partial charge on any atom is -0.289 e. The van der Waals surface area contributed by atoms with Gasteiger partial charge in [0.2, 0.25) is 15.0 Å². The van der Waals surface area contributed by atoms with Gasteiger partial charge in [-0.2, -0.15) is 4.98 Å². The summed E-state index contributed by atoms with van der Waals surface area (Å²) in [5.41, 5.74) is 0.312. The largest absolute Gasteiger partial charge is 0.289 e. The molecule has 116 valence electrons. The zero-order valence-corrected chi connectivity index (χ0v) is 13.2. The zero-order chi connectivity index (χ0) is 15.6. The number of aromatic nitrogens is 3. The number of nitrogens with zero attached hydrogens (tertiary/aromatic N) is 3. The minimum atomic E-state index is -3.50. The van der Waals surface area contributed by atoms with Crippen molar-refractivity contribution in [2.45, 2.75) is 31.0 Å². The van der Waals surface area contributed by atoms with Crippen LogP contribution in [0.25, 0.3) is 11.0 Å². The zero-order valence-electron chi connectivity index (χ0n) is 12.4. The molecule has 2 aromatic rings. The van der Waals surface area contributed by atoms with Crippen molar-refractivity contribution in [3.05, 3.63) is 28.7 Å². The fourth-order valence-electron chi connectivity index (χ4n) is 3.91. The maximum atomic E-state index is 12.3. The van der Waals surface area contributed by atoms with Crippen molar-refractivity contribution in [2.24, 2.45) is 17.8 Å². The van der Waals surface area contributed by atoms with Crippen LogP contribution in [0.4, 0.5) is 0 Å². The molecule has 0 aromatic carbocycles. The highest BCUT2D eigenvalue weighted by atomic mass is 32.2.